The van der Waals surface area contributed by atoms with Crippen LogP contribution in [0.25, 0.3) is 0 Å². The molecule has 0 saturated carbocycles. The molecule has 0 radical (unpaired) electrons. The van der Waals surface area contributed by atoms with Gasteiger partial charge in [-0.1, -0.05) is 88.3 Å². The first-order valence-electron chi connectivity index (χ1n) is 9.76. The van der Waals surface area contributed by atoms with Crippen LogP contribution in [0.15, 0.2) is 59.8 Å². The van der Waals surface area contributed by atoms with E-state index in [-0.39, 0.29) is 5.41 Å². The number of ether oxygens (including phenoxy) is 1. The van der Waals surface area contributed by atoms with Crippen LogP contribution in [-0.4, -0.2) is 9.97 Å². The molecule has 29 heavy (non-hydrogen) atoms. The highest BCUT2D eigenvalue weighted by molar-refractivity contribution is 7.98. The van der Waals surface area contributed by atoms with Gasteiger partial charge in [0.25, 0.3) is 0 Å². The normalized spacial score (nSPS) is 11.7. The Hall–Kier alpha value is -2.04. The van der Waals surface area contributed by atoms with Crippen molar-refractivity contribution >= 4 is 23.4 Å². The molecule has 5 heteroatoms. The predicted molar refractivity (Wildman–Crippen MR) is 122 cm³/mol. The Bertz CT molecular complexity index is 983. The molecule has 2 aromatic carbocycles. The zero-order valence-corrected chi connectivity index (χ0v) is 19.1. The van der Waals surface area contributed by atoms with E-state index in [1.807, 2.05) is 42.5 Å². The van der Waals surface area contributed by atoms with Crippen molar-refractivity contribution in [2.75, 3.05) is 0 Å². The van der Waals surface area contributed by atoms with Gasteiger partial charge in [-0.25, -0.2) is 4.98 Å². The van der Waals surface area contributed by atoms with Crippen molar-refractivity contribution < 1.29 is 4.74 Å². The van der Waals surface area contributed by atoms with Gasteiger partial charge in [-0.05, 0) is 35.2 Å². The molecule has 0 aliphatic heterocycles. The summed E-state index contributed by atoms with van der Waals surface area (Å²) < 4.78 is 6.13. The molecule has 3 aromatic rings. The van der Waals surface area contributed by atoms with E-state index in [4.69, 9.17) is 21.3 Å². The molecule has 0 N–H and O–H groups in total. The second-order valence-corrected chi connectivity index (χ2v) is 9.68. The average Bonchev–Trinajstić information content (AvgIpc) is 2.67. The monoisotopic (exact) mass is 426 g/mol. The Labute approximate surface area is 182 Å². The summed E-state index contributed by atoms with van der Waals surface area (Å²) >= 11 is 7.86. The van der Waals surface area contributed by atoms with Gasteiger partial charge in [0.05, 0.1) is 5.69 Å². The Balaban J connectivity index is 1.88. The number of thioether (sulfide) groups is 1. The summed E-state index contributed by atoms with van der Waals surface area (Å²) in [5, 5.41) is 1.45. The summed E-state index contributed by atoms with van der Waals surface area (Å²) in [5.41, 5.74) is 3.14. The van der Waals surface area contributed by atoms with Gasteiger partial charge in [-0.15, -0.1) is 0 Å². The maximum absolute atomic E-state index is 6.29. The largest absolute Gasteiger partial charge is 0.439 e. The molecule has 0 fully saturated rings. The number of hydrogen-bond donors (Lipinski definition) is 0. The highest BCUT2D eigenvalue weighted by atomic mass is 35.5. The van der Waals surface area contributed by atoms with Crippen LogP contribution in [0.2, 0.25) is 5.02 Å². The molecule has 0 spiro atoms. The van der Waals surface area contributed by atoms with Crippen LogP contribution in [0, 0.1) is 0 Å². The molecular weight excluding hydrogens is 400 g/mol. The van der Waals surface area contributed by atoms with Crippen LogP contribution < -0.4 is 4.74 Å². The fourth-order valence-electron chi connectivity index (χ4n) is 2.72. The fraction of sp³-hybridized carbons (Fsp3) is 0.333. The summed E-state index contributed by atoms with van der Waals surface area (Å²) in [5.74, 6) is 2.50. The van der Waals surface area contributed by atoms with Crippen LogP contribution >= 0.6 is 23.4 Å². The summed E-state index contributed by atoms with van der Waals surface area (Å²) in [6, 6.07) is 17.9. The van der Waals surface area contributed by atoms with E-state index < -0.39 is 0 Å². The third kappa shape index (κ3) is 5.97. The van der Waals surface area contributed by atoms with Crippen LogP contribution in [0.4, 0.5) is 0 Å². The van der Waals surface area contributed by atoms with Crippen molar-refractivity contribution in [3.63, 3.8) is 0 Å². The minimum Gasteiger partial charge on any atom is -0.439 e. The van der Waals surface area contributed by atoms with E-state index in [9.17, 15) is 0 Å². The molecule has 1 heterocycles. The molecule has 0 saturated heterocycles. The Morgan fingerprint density at radius 1 is 1.00 bits per heavy atom. The van der Waals surface area contributed by atoms with Crippen LogP contribution in [0.5, 0.6) is 11.6 Å². The molecule has 3 rings (SSSR count). The Morgan fingerprint density at radius 2 is 1.76 bits per heavy atom. The first kappa shape index (κ1) is 21.7. The van der Waals surface area contributed by atoms with Crippen molar-refractivity contribution in [1.82, 2.24) is 9.97 Å². The van der Waals surface area contributed by atoms with Gasteiger partial charge < -0.3 is 4.74 Å². The van der Waals surface area contributed by atoms with Crippen molar-refractivity contribution in [2.45, 2.75) is 56.9 Å². The molecule has 0 atom stereocenters. The lowest BCUT2D eigenvalue weighted by atomic mass is 9.92. The zero-order valence-electron chi connectivity index (χ0n) is 17.6. The van der Waals surface area contributed by atoms with E-state index in [2.05, 4.69) is 51.7 Å². The van der Waals surface area contributed by atoms with Crippen molar-refractivity contribution in [1.29, 1.82) is 0 Å². The summed E-state index contributed by atoms with van der Waals surface area (Å²) in [4.78, 5) is 9.41. The van der Waals surface area contributed by atoms with Gasteiger partial charge in [-0.3, -0.25) is 0 Å². The molecule has 0 unspecified atom stereocenters. The molecule has 3 nitrogen and oxygen atoms in total. The van der Waals surface area contributed by atoms with Gasteiger partial charge in [0.2, 0.25) is 5.88 Å². The highest BCUT2D eigenvalue weighted by Crippen LogP contribution is 2.31. The standard InChI is InChI=1S/C24H27ClN2OS/c1-16(2)17-10-8-11-19(13-17)28-22-14-21(24(3,4)5)26-23(27-22)29-15-18-9-6-7-12-20(18)25/h6-14,16H,15H2,1-5H3. The number of hydrogen-bond acceptors (Lipinski definition) is 4. The molecular formula is C24H27ClN2OS. The minimum atomic E-state index is -0.111. The van der Waals surface area contributed by atoms with E-state index >= 15 is 0 Å². The van der Waals surface area contributed by atoms with Gasteiger partial charge >= 0.3 is 0 Å². The summed E-state index contributed by atoms with van der Waals surface area (Å²) in [6.07, 6.45) is 0. The van der Waals surface area contributed by atoms with Gasteiger partial charge in [-0.2, -0.15) is 4.98 Å². The van der Waals surface area contributed by atoms with Crippen LogP contribution in [-0.2, 0) is 11.2 Å². The smallest absolute Gasteiger partial charge is 0.223 e. The molecule has 0 aliphatic rings. The maximum atomic E-state index is 6.29. The third-order valence-corrected chi connectivity index (χ3v) is 5.78. The molecule has 1 aromatic heterocycles. The lowest BCUT2D eigenvalue weighted by Gasteiger charge is -2.19. The zero-order chi connectivity index (χ0) is 21.0. The van der Waals surface area contributed by atoms with E-state index in [0.717, 1.165) is 22.0 Å². The number of halogens is 1. The van der Waals surface area contributed by atoms with E-state index in [1.165, 1.54) is 5.56 Å². The van der Waals surface area contributed by atoms with E-state index in [0.29, 0.717) is 22.7 Å². The number of rotatable bonds is 6. The third-order valence-electron chi connectivity index (χ3n) is 4.51. The molecule has 0 amide bonds. The SMILES string of the molecule is CC(C)c1cccc(Oc2cc(C(C)(C)C)nc(SCc3ccccc3Cl)n2)c1. The van der Waals surface area contributed by atoms with Crippen LogP contribution in [0.1, 0.15) is 57.4 Å². The Morgan fingerprint density at radius 3 is 2.45 bits per heavy atom. The fourth-order valence-corrected chi connectivity index (χ4v) is 3.86. The predicted octanol–water partition coefficient (Wildman–Crippen LogP) is 7.64. The molecule has 0 aliphatic carbocycles. The van der Waals surface area contributed by atoms with Gasteiger partial charge in [0.15, 0.2) is 5.16 Å². The topological polar surface area (TPSA) is 35.0 Å². The van der Waals surface area contributed by atoms with Crippen molar-refractivity contribution in [3.8, 4) is 11.6 Å². The van der Waals surface area contributed by atoms with E-state index in [1.54, 1.807) is 11.8 Å². The second kappa shape index (κ2) is 9.19. The first-order chi connectivity index (χ1) is 13.7. The lowest BCUT2D eigenvalue weighted by Crippen LogP contribution is -2.14. The number of nitrogens with zero attached hydrogens (tertiary/aromatic N) is 2. The maximum Gasteiger partial charge on any atom is 0.223 e. The van der Waals surface area contributed by atoms with Crippen molar-refractivity contribution in [2.24, 2.45) is 0 Å². The quantitative estimate of drug-likeness (QED) is 0.299. The van der Waals surface area contributed by atoms with Crippen LogP contribution in [0.3, 0.4) is 0 Å². The van der Waals surface area contributed by atoms with Gasteiger partial charge in [0, 0.05) is 22.3 Å². The molecule has 0 bridgehead atoms. The highest BCUT2D eigenvalue weighted by Gasteiger charge is 2.19. The minimum absolute atomic E-state index is 0.111. The summed E-state index contributed by atoms with van der Waals surface area (Å²) in [6.45, 7) is 10.8. The second-order valence-electron chi connectivity index (χ2n) is 8.33. The Kier molecular flexibility index (Phi) is 6.86. The summed E-state index contributed by atoms with van der Waals surface area (Å²) in [7, 11) is 0. The van der Waals surface area contributed by atoms with Crippen molar-refractivity contribution in [3.05, 3.63) is 76.4 Å². The molecule has 152 valence electrons. The lowest BCUT2D eigenvalue weighted by molar-refractivity contribution is 0.446. The number of aromatic nitrogens is 2. The first-order valence-corrected chi connectivity index (χ1v) is 11.1. The van der Waals surface area contributed by atoms with Gasteiger partial charge in [0.1, 0.15) is 5.75 Å². The number of benzene rings is 2. The average molecular weight is 427 g/mol.